The number of rotatable bonds is 2. The molecule has 0 saturated carbocycles. The quantitative estimate of drug-likeness (QED) is 0.713. The van der Waals surface area contributed by atoms with Crippen LogP contribution in [0.25, 0.3) is 11.6 Å². The van der Waals surface area contributed by atoms with E-state index >= 15 is 0 Å². The van der Waals surface area contributed by atoms with Gasteiger partial charge in [0, 0.05) is 15.5 Å². The number of hydrogen-bond donors (Lipinski definition) is 0. The largest absolute Gasteiger partial charge is 0.192 e. The average molecular weight is 260 g/mol. The standard InChI is InChI=1S/C14H10ClNS/c1-10-6-7-17-14(10)8-11(9-16)12-4-2-3-5-13(12)15/h2-8H,1H3. The van der Waals surface area contributed by atoms with Gasteiger partial charge in [0.2, 0.25) is 0 Å². The van der Waals surface area contributed by atoms with Crippen molar-refractivity contribution >= 4 is 34.6 Å². The monoisotopic (exact) mass is 259 g/mol. The third-order valence-corrected chi connectivity index (χ3v) is 3.76. The SMILES string of the molecule is Cc1ccsc1C=C(C#N)c1ccccc1Cl. The zero-order valence-corrected chi connectivity index (χ0v) is 10.8. The number of aryl methyl sites for hydroxylation is 1. The molecule has 3 heteroatoms. The fourth-order valence-electron chi connectivity index (χ4n) is 1.51. The number of nitriles is 1. The number of nitrogens with zero attached hydrogens (tertiary/aromatic N) is 1. The normalized spacial score (nSPS) is 11.2. The molecule has 0 N–H and O–H groups in total. The summed E-state index contributed by atoms with van der Waals surface area (Å²) in [5, 5.41) is 11.8. The summed E-state index contributed by atoms with van der Waals surface area (Å²) in [6.45, 7) is 2.03. The van der Waals surface area contributed by atoms with Crippen molar-refractivity contribution in [3.63, 3.8) is 0 Å². The van der Waals surface area contributed by atoms with Crippen molar-refractivity contribution in [2.24, 2.45) is 0 Å². The van der Waals surface area contributed by atoms with E-state index in [0.29, 0.717) is 10.6 Å². The lowest BCUT2D eigenvalue weighted by Crippen LogP contribution is -1.83. The molecular weight excluding hydrogens is 250 g/mol. The second kappa shape index (κ2) is 5.18. The van der Waals surface area contributed by atoms with Crippen LogP contribution in [0.4, 0.5) is 0 Å². The van der Waals surface area contributed by atoms with Gasteiger partial charge in [0.05, 0.1) is 11.6 Å². The molecule has 0 amide bonds. The van der Waals surface area contributed by atoms with Crippen molar-refractivity contribution in [2.45, 2.75) is 6.92 Å². The smallest absolute Gasteiger partial charge is 0.0999 e. The lowest BCUT2D eigenvalue weighted by atomic mass is 10.1. The molecule has 2 rings (SSSR count). The van der Waals surface area contributed by atoms with Crippen molar-refractivity contribution in [3.05, 3.63) is 56.7 Å². The Balaban J connectivity index is 2.49. The predicted octanol–water partition coefficient (Wildman–Crippen LogP) is 4.77. The van der Waals surface area contributed by atoms with Gasteiger partial charge in [0.25, 0.3) is 0 Å². The third kappa shape index (κ3) is 2.58. The van der Waals surface area contributed by atoms with Gasteiger partial charge < -0.3 is 0 Å². The van der Waals surface area contributed by atoms with Crippen molar-refractivity contribution < 1.29 is 0 Å². The van der Waals surface area contributed by atoms with E-state index in [0.717, 1.165) is 10.4 Å². The molecule has 1 heterocycles. The van der Waals surface area contributed by atoms with E-state index in [9.17, 15) is 5.26 Å². The van der Waals surface area contributed by atoms with E-state index in [1.54, 1.807) is 17.4 Å². The maximum Gasteiger partial charge on any atom is 0.0999 e. The maximum atomic E-state index is 9.22. The van der Waals surface area contributed by atoms with Gasteiger partial charge in [0.1, 0.15) is 0 Å². The summed E-state index contributed by atoms with van der Waals surface area (Å²) in [5.74, 6) is 0. The number of thiophene rings is 1. The highest BCUT2D eigenvalue weighted by Gasteiger charge is 2.06. The number of halogens is 1. The van der Waals surface area contributed by atoms with E-state index in [1.807, 2.05) is 42.6 Å². The highest BCUT2D eigenvalue weighted by Crippen LogP contribution is 2.27. The Labute approximate surface area is 110 Å². The number of allylic oxidation sites excluding steroid dienone is 1. The topological polar surface area (TPSA) is 23.8 Å². The summed E-state index contributed by atoms with van der Waals surface area (Å²) in [6.07, 6.45) is 1.89. The average Bonchev–Trinajstić information content (AvgIpc) is 2.73. The van der Waals surface area contributed by atoms with Gasteiger partial charge in [-0.15, -0.1) is 11.3 Å². The summed E-state index contributed by atoms with van der Waals surface area (Å²) in [4.78, 5) is 1.10. The Hall–Kier alpha value is -1.56. The molecule has 0 radical (unpaired) electrons. The minimum Gasteiger partial charge on any atom is -0.192 e. The molecule has 0 aliphatic rings. The molecule has 1 aromatic heterocycles. The van der Waals surface area contributed by atoms with Crippen LogP contribution in [0.1, 0.15) is 16.0 Å². The van der Waals surface area contributed by atoms with Gasteiger partial charge in [-0.25, -0.2) is 0 Å². The van der Waals surface area contributed by atoms with Crippen molar-refractivity contribution in [2.75, 3.05) is 0 Å². The fraction of sp³-hybridized carbons (Fsp3) is 0.0714. The predicted molar refractivity (Wildman–Crippen MR) is 74.0 cm³/mol. The molecule has 0 saturated heterocycles. The van der Waals surface area contributed by atoms with Crippen LogP contribution in [0, 0.1) is 18.3 Å². The zero-order valence-electron chi connectivity index (χ0n) is 9.27. The molecule has 17 heavy (non-hydrogen) atoms. The maximum absolute atomic E-state index is 9.22. The van der Waals surface area contributed by atoms with E-state index in [-0.39, 0.29) is 0 Å². The molecule has 2 aromatic rings. The Morgan fingerprint density at radius 2 is 2.12 bits per heavy atom. The van der Waals surface area contributed by atoms with Crippen LogP contribution in [-0.4, -0.2) is 0 Å². The van der Waals surface area contributed by atoms with Crippen molar-refractivity contribution in [1.29, 1.82) is 5.26 Å². The van der Waals surface area contributed by atoms with Crippen LogP contribution >= 0.6 is 22.9 Å². The summed E-state index contributed by atoms with van der Waals surface area (Å²) in [6, 6.07) is 11.6. The van der Waals surface area contributed by atoms with E-state index in [4.69, 9.17) is 11.6 Å². The van der Waals surface area contributed by atoms with E-state index in [1.165, 1.54) is 5.56 Å². The second-order valence-corrected chi connectivity index (χ2v) is 4.97. The molecule has 0 spiro atoms. The molecule has 0 aliphatic heterocycles. The first-order chi connectivity index (χ1) is 8.22. The molecular formula is C14H10ClNS. The van der Waals surface area contributed by atoms with Crippen LogP contribution in [0.15, 0.2) is 35.7 Å². The molecule has 0 bridgehead atoms. The molecule has 1 aromatic carbocycles. The Bertz CT molecular complexity index is 605. The van der Waals surface area contributed by atoms with Crippen molar-refractivity contribution in [3.8, 4) is 6.07 Å². The molecule has 0 fully saturated rings. The van der Waals surface area contributed by atoms with Crippen LogP contribution < -0.4 is 0 Å². The molecule has 0 atom stereocenters. The first kappa shape index (κ1) is 11.9. The summed E-state index contributed by atoms with van der Waals surface area (Å²) >= 11 is 7.71. The highest BCUT2D eigenvalue weighted by atomic mass is 35.5. The van der Waals surface area contributed by atoms with Crippen molar-refractivity contribution in [1.82, 2.24) is 0 Å². The van der Waals surface area contributed by atoms with Gasteiger partial charge in [-0.05, 0) is 36.1 Å². The summed E-state index contributed by atoms with van der Waals surface area (Å²) in [5.41, 5.74) is 2.56. The first-order valence-electron chi connectivity index (χ1n) is 5.13. The zero-order chi connectivity index (χ0) is 12.3. The van der Waals surface area contributed by atoms with Gasteiger partial charge in [-0.2, -0.15) is 5.26 Å². The lowest BCUT2D eigenvalue weighted by molar-refractivity contribution is 1.51. The second-order valence-electron chi connectivity index (χ2n) is 3.62. The number of benzene rings is 1. The molecule has 0 unspecified atom stereocenters. The molecule has 84 valence electrons. The van der Waals surface area contributed by atoms with E-state index in [2.05, 4.69) is 6.07 Å². The minimum absolute atomic E-state index is 0.598. The lowest BCUT2D eigenvalue weighted by Gasteiger charge is -2.01. The van der Waals surface area contributed by atoms with Crippen LogP contribution in [-0.2, 0) is 0 Å². The Morgan fingerprint density at radius 1 is 1.35 bits per heavy atom. The van der Waals surface area contributed by atoms with E-state index < -0.39 is 0 Å². The molecule has 1 nitrogen and oxygen atoms in total. The highest BCUT2D eigenvalue weighted by molar-refractivity contribution is 7.11. The Kier molecular flexibility index (Phi) is 3.63. The fourth-order valence-corrected chi connectivity index (χ4v) is 2.61. The van der Waals surface area contributed by atoms with Crippen LogP contribution in [0.2, 0.25) is 5.02 Å². The minimum atomic E-state index is 0.598. The Morgan fingerprint density at radius 3 is 2.71 bits per heavy atom. The molecule has 0 aliphatic carbocycles. The van der Waals surface area contributed by atoms with Crippen LogP contribution in [0.5, 0.6) is 0 Å². The van der Waals surface area contributed by atoms with Gasteiger partial charge >= 0.3 is 0 Å². The van der Waals surface area contributed by atoms with Gasteiger partial charge in [-0.3, -0.25) is 0 Å². The first-order valence-corrected chi connectivity index (χ1v) is 6.39. The third-order valence-electron chi connectivity index (χ3n) is 2.46. The van der Waals surface area contributed by atoms with Crippen LogP contribution in [0.3, 0.4) is 0 Å². The number of hydrogen-bond acceptors (Lipinski definition) is 2. The summed E-state index contributed by atoms with van der Waals surface area (Å²) < 4.78 is 0. The van der Waals surface area contributed by atoms with Gasteiger partial charge in [0.15, 0.2) is 0 Å². The summed E-state index contributed by atoms with van der Waals surface area (Å²) in [7, 11) is 0. The van der Waals surface area contributed by atoms with Gasteiger partial charge in [-0.1, -0.05) is 29.8 Å².